The minimum absolute atomic E-state index is 0. The van der Waals surface area contributed by atoms with Crippen molar-refractivity contribution in [2.45, 2.75) is 64.2 Å². The van der Waals surface area contributed by atoms with Crippen LogP contribution in [0.1, 0.15) is 47.2 Å². The molecular formula is C40H50CaN4O3Si2. The van der Waals surface area contributed by atoms with Gasteiger partial charge in [-0.3, -0.25) is 0 Å². The van der Waals surface area contributed by atoms with Crippen LogP contribution in [0.4, 0.5) is 11.4 Å². The zero-order valence-electron chi connectivity index (χ0n) is 30.5. The minimum atomic E-state index is -1.11. The molecule has 50 heavy (non-hydrogen) atoms. The van der Waals surface area contributed by atoms with E-state index in [2.05, 4.69) is 63.5 Å². The van der Waals surface area contributed by atoms with E-state index < -0.39 is 16.5 Å². The van der Waals surface area contributed by atoms with Crippen molar-refractivity contribution in [2.75, 3.05) is 26.4 Å². The van der Waals surface area contributed by atoms with Crippen LogP contribution < -0.4 is 0 Å². The Labute approximate surface area is 331 Å². The molecule has 7 nitrogen and oxygen atoms in total. The topological polar surface area (TPSA) is 80.6 Å². The second-order valence-corrected chi connectivity index (χ2v) is 23.8. The van der Waals surface area contributed by atoms with Crippen molar-refractivity contribution >= 4 is 77.4 Å². The van der Waals surface area contributed by atoms with E-state index in [0.29, 0.717) is 25.0 Å². The molecule has 0 aliphatic carbocycles. The maximum Gasteiger partial charge on any atom is 2.00 e. The smallest absolute Gasteiger partial charge is 0.668 e. The Morgan fingerprint density at radius 3 is 1.26 bits per heavy atom. The number of rotatable bonds is 8. The molecule has 2 atom stereocenters. The Morgan fingerprint density at radius 1 is 0.540 bits per heavy atom. The minimum Gasteiger partial charge on any atom is -0.668 e. The average Bonchev–Trinajstić information content (AvgIpc) is 3.89. The Kier molecular flexibility index (Phi) is 15.3. The SMILES string of the molecule is C1CCOC1.C[Si](C)(C)[N-][Si](C)(C)C.[Ca+2].c1ccc([C@H]2COC(c3ccccc3[N-]c3ccccc3C3=N[C@@H](c4ccccc4)CO3)=N2)cc1. The summed E-state index contributed by atoms with van der Waals surface area (Å²) in [7, 11) is -2.21. The van der Waals surface area contributed by atoms with Gasteiger partial charge in [-0.2, -0.15) is 0 Å². The van der Waals surface area contributed by atoms with Crippen LogP contribution in [-0.4, -0.2) is 92.4 Å². The van der Waals surface area contributed by atoms with E-state index in [1.807, 2.05) is 84.9 Å². The van der Waals surface area contributed by atoms with E-state index in [-0.39, 0.29) is 49.8 Å². The van der Waals surface area contributed by atoms with E-state index in [9.17, 15) is 0 Å². The van der Waals surface area contributed by atoms with Crippen LogP contribution >= 0.6 is 0 Å². The fraction of sp³-hybridized carbons (Fsp3) is 0.350. The second kappa shape index (κ2) is 19.2. The zero-order chi connectivity index (χ0) is 34.7. The summed E-state index contributed by atoms with van der Waals surface area (Å²) in [5.74, 6) is 1.24. The molecule has 4 aromatic rings. The fourth-order valence-electron chi connectivity index (χ4n) is 5.88. The van der Waals surface area contributed by atoms with Gasteiger partial charge in [0.2, 0.25) is 11.8 Å². The van der Waals surface area contributed by atoms with Gasteiger partial charge in [0.1, 0.15) is 25.3 Å². The van der Waals surface area contributed by atoms with Crippen LogP contribution in [0.25, 0.3) is 9.96 Å². The Morgan fingerprint density at radius 2 is 0.920 bits per heavy atom. The molecular weight excluding hydrogens is 681 g/mol. The largest absolute Gasteiger partial charge is 2.00 e. The molecule has 0 N–H and O–H groups in total. The van der Waals surface area contributed by atoms with Crippen molar-refractivity contribution in [1.82, 2.24) is 0 Å². The van der Waals surface area contributed by atoms with Gasteiger partial charge in [-0.15, -0.1) is 11.4 Å². The summed E-state index contributed by atoms with van der Waals surface area (Å²) < 4.78 is 21.8. The molecule has 1 fully saturated rings. The first-order valence-corrected chi connectivity index (χ1v) is 24.2. The molecule has 0 radical (unpaired) electrons. The molecule has 1 saturated heterocycles. The molecule has 0 spiro atoms. The normalized spacial score (nSPS) is 18.1. The molecule has 0 bridgehead atoms. The number of nitrogens with zero attached hydrogens (tertiary/aromatic N) is 4. The molecule has 258 valence electrons. The van der Waals surface area contributed by atoms with E-state index in [0.717, 1.165) is 46.8 Å². The van der Waals surface area contributed by atoms with Crippen molar-refractivity contribution in [3.63, 3.8) is 0 Å². The van der Waals surface area contributed by atoms with Crippen molar-refractivity contribution in [2.24, 2.45) is 9.98 Å². The number of hydrogen-bond donors (Lipinski definition) is 0. The summed E-state index contributed by atoms with van der Waals surface area (Å²) >= 11 is 0. The monoisotopic (exact) mass is 730 g/mol. The molecule has 3 aliphatic rings. The van der Waals surface area contributed by atoms with Gasteiger partial charge in [-0.05, 0) is 24.0 Å². The molecule has 4 aromatic carbocycles. The number of aliphatic imine (C=N–C) groups is 2. The second-order valence-electron chi connectivity index (χ2n) is 14.3. The first kappa shape index (κ1) is 40.0. The Bertz CT molecular complexity index is 1560. The molecule has 0 saturated carbocycles. The maximum absolute atomic E-state index is 6.02. The molecule has 0 unspecified atom stereocenters. The quantitative estimate of drug-likeness (QED) is 0.169. The summed E-state index contributed by atoms with van der Waals surface area (Å²) in [5.41, 5.74) is 5.63. The van der Waals surface area contributed by atoms with Gasteiger partial charge < -0.3 is 24.2 Å². The third-order valence-electron chi connectivity index (χ3n) is 7.68. The van der Waals surface area contributed by atoms with Crippen LogP contribution in [0, 0.1) is 0 Å². The third-order valence-corrected chi connectivity index (χ3v) is 13.0. The molecule has 7 rings (SSSR count). The Balaban J connectivity index is 0.000000315. The van der Waals surface area contributed by atoms with E-state index in [4.69, 9.17) is 34.2 Å². The van der Waals surface area contributed by atoms with Crippen molar-refractivity contribution < 1.29 is 14.2 Å². The van der Waals surface area contributed by atoms with E-state index in [1.54, 1.807) is 0 Å². The number of ether oxygens (including phenoxy) is 3. The summed E-state index contributed by atoms with van der Waals surface area (Å²) in [4.78, 5) is 9.72. The standard InChI is InChI=1S/C30H24N3O2.C6H18NSi2.C4H8O.Ca/c1-3-11-21(12-4-1)27-19-34-29(32-27)23-15-7-9-17-25(23)31-26-18-10-8-16-24(26)30-33-28(20-35-30)22-13-5-2-6-14-22;1-8(2,3)7-9(4,5)6;1-2-4-5-3-1;/h1-18,27-28H,19-20H2;1-6H3;1-4H2;/q2*-1;;+2/t27-,28-;;;/m1.../s1. The van der Waals surface area contributed by atoms with Crippen LogP contribution in [0.2, 0.25) is 39.3 Å². The van der Waals surface area contributed by atoms with Crippen molar-refractivity contribution in [3.8, 4) is 0 Å². The van der Waals surface area contributed by atoms with Gasteiger partial charge in [0.15, 0.2) is 0 Å². The zero-order valence-corrected chi connectivity index (χ0v) is 34.7. The summed E-state index contributed by atoms with van der Waals surface area (Å²) in [6, 6.07) is 36.3. The summed E-state index contributed by atoms with van der Waals surface area (Å²) in [6.45, 7) is 16.8. The van der Waals surface area contributed by atoms with E-state index in [1.165, 1.54) is 12.8 Å². The molecule has 0 aromatic heterocycles. The molecule has 3 aliphatic heterocycles. The Hall–Kier alpha value is -2.77. The maximum atomic E-state index is 6.02. The predicted octanol–water partition coefficient (Wildman–Crippen LogP) is 10.5. The number of para-hydroxylation sites is 2. The molecule has 3 heterocycles. The molecule has 10 heteroatoms. The average molecular weight is 731 g/mol. The van der Waals surface area contributed by atoms with Crippen LogP contribution in [-0.2, 0) is 14.2 Å². The fourth-order valence-corrected chi connectivity index (χ4v) is 13.9. The van der Waals surface area contributed by atoms with Gasteiger partial charge in [0.05, 0.1) is 0 Å². The molecule has 0 amide bonds. The van der Waals surface area contributed by atoms with Gasteiger partial charge >= 0.3 is 37.7 Å². The van der Waals surface area contributed by atoms with Gasteiger partial charge in [0.25, 0.3) is 0 Å². The van der Waals surface area contributed by atoms with Crippen molar-refractivity contribution in [1.29, 1.82) is 0 Å². The summed E-state index contributed by atoms with van der Waals surface area (Å²) in [5, 5.41) is 5.00. The number of hydrogen-bond acceptors (Lipinski definition) is 5. The number of benzene rings is 4. The van der Waals surface area contributed by atoms with Crippen LogP contribution in [0.3, 0.4) is 0 Å². The van der Waals surface area contributed by atoms with E-state index >= 15 is 0 Å². The predicted molar refractivity (Wildman–Crippen MR) is 215 cm³/mol. The van der Waals surface area contributed by atoms with Crippen LogP contribution in [0.15, 0.2) is 119 Å². The third kappa shape index (κ3) is 12.5. The van der Waals surface area contributed by atoms with Crippen molar-refractivity contribution in [3.05, 3.63) is 141 Å². The van der Waals surface area contributed by atoms with Gasteiger partial charge in [0, 0.05) is 24.3 Å². The first-order valence-electron chi connectivity index (χ1n) is 17.3. The summed E-state index contributed by atoms with van der Waals surface area (Å²) in [6.07, 6.45) is 2.56. The van der Waals surface area contributed by atoms with Gasteiger partial charge in [-0.1, -0.05) is 165 Å². The first-order chi connectivity index (χ1) is 23.6. The van der Waals surface area contributed by atoms with Crippen LogP contribution in [0.5, 0.6) is 0 Å². The van der Waals surface area contributed by atoms with Gasteiger partial charge in [-0.25, -0.2) is 9.98 Å².